The molecule has 0 fully saturated rings. The number of rotatable bonds is 5. The second kappa shape index (κ2) is 6.01. The molecule has 0 saturated heterocycles. The number of pyridine rings is 2. The standard InChI is InChI=1S/C17H19N7/c1-23(2)8-3-5-20-15-12-10-18-6-4-13(12)21-17-16(15)22-14-11-19-7-9-24(14)17/h4,6-7,9-11H,3,5,8H2,1-2H3,(H,20,21). The minimum Gasteiger partial charge on any atom is -0.383 e. The predicted octanol–water partition coefficient (Wildman–Crippen LogP) is 2.19. The second-order valence-electron chi connectivity index (χ2n) is 6.05. The van der Waals surface area contributed by atoms with Gasteiger partial charge in [0.05, 0.1) is 17.4 Å². The molecule has 0 saturated carbocycles. The van der Waals surface area contributed by atoms with Gasteiger partial charge < -0.3 is 10.2 Å². The first-order chi connectivity index (χ1) is 11.7. The van der Waals surface area contributed by atoms with Crippen molar-refractivity contribution in [1.29, 1.82) is 0 Å². The number of imidazole rings is 1. The van der Waals surface area contributed by atoms with E-state index in [1.165, 1.54) is 0 Å². The molecule has 1 N–H and O–H groups in total. The van der Waals surface area contributed by atoms with Gasteiger partial charge in [-0.05, 0) is 33.1 Å². The number of aromatic nitrogens is 5. The monoisotopic (exact) mass is 321 g/mol. The Morgan fingerprint density at radius 3 is 2.88 bits per heavy atom. The minimum atomic E-state index is 0.791. The van der Waals surface area contributed by atoms with Gasteiger partial charge in [-0.25, -0.2) is 9.97 Å². The van der Waals surface area contributed by atoms with E-state index in [0.717, 1.165) is 52.9 Å². The van der Waals surface area contributed by atoms with E-state index < -0.39 is 0 Å². The first-order valence-corrected chi connectivity index (χ1v) is 7.98. The Hall–Kier alpha value is -2.80. The lowest BCUT2D eigenvalue weighted by atomic mass is 10.2. The zero-order chi connectivity index (χ0) is 16.5. The van der Waals surface area contributed by atoms with Gasteiger partial charge in [0.1, 0.15) is 5.52 Å². The van der Waals surface area contributed by atoms with Crippen molar-refractivity contribution in [3.63, 3.8) is 0 Å². The lowest BCUT2D eigenvalue weighted by Crippen LogP contribution is -2.16. The average molecular weight is 321 g/mol. The topological polar surface area (TPSA) is 71.2 Å². The lowest BCUT2D eigenvalue weighted by molar-refractivity contribution is 0.405. The fourth-order valence-electron chi connectivity index (χ4n) is 2.87. The van der Waals surface area contributed by atoms with Crippen LogP contribution in [-0.4, -0.2) is 56.4 Å². The first kappa shape index (κ1) is 14.8. The number of anilines is 1. The summed E-state index contributed by atoms with van der Waals surface area (Å²) < 4.78 is 1.97. The highest BCUT2D eigenvalue weighted by Gasteiger charge is 2.14. The maximum absolute atomic E-state index is 4.77. The van der Waals surface area contributed by atoms with Gasteiger partial charge in [-0.3, -0.25) is 14.4 Å². The van der Waals surface area contributed by atoms with Crippen LogP contribution in [0.2, 0.25) is 0 Å². The van der Waals surface area contributed by atoms with E-state index in [-0.39, 0.29) is 0 Å². The van der Waals surface area contributed by atoms with E-state index >= 15 is 0 Å². The molecule has 0 aliphatic carbocycles. The zero-order valence-corrected chi connectivity index (χ0v) is 13.8. The number of nitrogens with zero attached hydrogens (tertiary/aromatic N) is 6. The number of fused-ring (bicyclic) bond motifs is 4. The molecule has 0 amide bonds. The molecule has 0 spiro atoms. The van der Waals surface area contributed by atoms with Crippen molar-refractivity contribution in [2.24, 2.45) is 0 Å². The van der Waals surface area contributed by atoms with E-state index in [9.17, 15) is 0 Å². The molecule has 0 unspecified atom stereocenters. The highest BCUT2D eigenvalue weighted by atomic mass is 15.1. The van der Waals surface area contributed by atoms with Crippen molar-refractivity contribution in [3.05, 3.63) is 37.1 Å². The molecule has 0 radical (unpaired) electrons. The quantitative estimate of drug-likeness (QED) is 0.568. The highest BCUT2D eigenvalue weighted by molar-refractivity contribution is 6.05. The van der Waals surface area contributed by atoms with Crippen molar-refractivity contribution in [3.8, 4) is 0 Å². The molecule has 4 aromatic heterocycles. The highest BCUT2D eigenvalue weighted by Crippen LogP contribution is 2.30. The molecule has 0 aliphatic rings. The second-order valence-corrected chi connectivity index (χ2v) is 6.05. The SMILES string of the molecule is CN(C)CCCNc1c2cnccc2nc2c1nc1cnccn12. The molecule has 0 atom stereocenters. The van der Waals surface area contributed by atoms with Gasteiger partial charge in [0, 0.05) is 36.7 Å². The largest absolute Gasteiger partial charge is 0.383 e. The van der Waals surface area contributed by atoms with Gasteiger partial charge in [-0.15, -0.1) is 0 Å². The molecule has 4 aromatic rings. The molecule has 7 nitrogen and oxygen atoms in total. The maximum atomic E-state index is 4.77. The Labute approximate surface area is 139 Å². The van der Waals surface area contributed by atoms with Crippen LogP contribution in [0.5, 0.6) is 0 Å². The summed E-state index contributed by atoms with van der Waals surface area (Å²) in [5, 5.41) is 4.54. The minimum absolute atomic E-state index is 0.791. The summed E-state index contributed by atoms with van der Waals surface area (Å²) >= 11 is 0. The van der Waals surface area contributed by atoms with Crippen molar-refractivity contribution in [2.45, 2.75) is 6.42 Å². The van der Waals surface area contributed by atoms with Crippen molar-refractivity contribution >= 4 is 33.4 Å². The van der Waals surface area contributed by atoms with Crippen LogP contribution in [0.25, 0.3) is 27.7 Å². The predicted molar refractivity (Wildman–Crippen MR) is 95.2 cm³/mol. The third-order valence-corrected chi connectivity index (χ3v) is 4.02. The Morgan fingerprint density at radius 1 is 1.12 bits per heavy atom. The molecule has 4 heterocycles. The van der Waals surface area contributed by atoms with E-state index in [2.05, 4.69) is 34.3 Å². The van der Waals surface area contributed by atoms with E-state index in [1.807, 2.05) is 22.9 Å². The molecule has 24 heavy (non-hydrogen) atoms. The third-order valence-electron chi connectivity index (χ3n) is 4.02. The Kier molecular flexibility index (Phi) is 3.70. The normalized spacial score (nSPS) is 11.8. The van der Waals surface area contributed by atoms with Crippen molar-refractivity contribution < 1.29 is 0 Å². The Morgan fingerprint density at radius 2 is 2.00 bits per heavy atom. The van der Waals surface area contributed by atoms with Crippen LogP contribution in [0.4, 0.5) is 5.69 Å². The maximum Gasteiger partial charge on any atom is 0.167 e. The van der Waals surface area contributed by atoms with Crippen LogP contribution in [0.15, 0.2) is 37.1 Å². The molecular formula is C17H19N7. The number of hydrogen-bond acceptors (Lipinski definition) is 6. The molecule has 0 aliphatic heterocycles. The van der Waals surface area contributed by atoms with E-state index in [0.29, 0.717) is 0 Å². The Bertz CT molecular complexity index is 1010. The van der Waals surface area contributed by atoms with Crippen LogP contribution in [0.1, 0.15) is 6.42 Å². The van der Waals surface area contributed by atoms with Crippen LogP contribution in [-0.2, 0) is 0 Å². The number of nitrogens with one attached hydrogen (secondary N) is 1. The van der Waals surface area contributed by atoms with Crippen LogP contribution >= 0.6 is 0 Å². The van der Waals surface area contributed by atoms with Gasteiger partial charge in [-0.1, -0.05) is 0 Å². The van der Waals surface area contributed by atoms with Gasteiger partial charge in [0.25, 0.3) is 0 Å². The molecule has 4 rings (SSSR count). The molecular weight excluding hydrogens is 302 g/mol. The molecule has 0 bridgehead atoms. The Balaban J connectivity index is 1.86. The third kappa shape index (κ3) is 2.52. The summed E-state index contributed by atoms with van der Waals surface area (Å²) in [4.78, 5) is 20.1. The van der Waals surface area contributed by atoms with Crippen molar-refractivity contribution in [2.75, 3.05) is 32.5 Å². The van der Waals surface area contributed by atoms with Crippen LogP contribution < -0.4 is 5.32 Å². The fourth-order valence-corrected chi connectivity index (χ4v) is 2.87. The molecule has 0 aromatic carbocycles. The van der Waals surface area contributed by atoms with E-state index in [4.69, 9.17) is 9.97 Å². The summed E-state index contributed by atoms with van der Waals surface area (Å²) in [5.74, 6) is 0. The summed E-state index contributed by atoms with van der Waals surface area (Å²) in [7, 11) is 4.16. The summed E-state index contributed by atoms with van der Waals surface area (Å²) in [6, 6.07) is 1.93. The van der Waals surface area contributed by atoms with Crippen LogP contribution in [0.3, 0.4) is 0 Å². The smallest absolute Gasteiger partial charge is 0.167 e. The van der Waals surface area contributed by atoms with Gasteiger partial charge in [0.15, 0.2) is 11.3 Å². The fraction of sp³-hybridized carbons (Fsp3) is 0.294. The van der Waals surface area contributed by atoms with E-state index in [1.54, 1.807) is 18.6 Å². The zero-order valence-electron chi connectivity index (χ0n) is 13.8. The average Bonchev–Trinajstić information content (AvgIpc) is 2.96. The van der Waals surface area contributed by atoms with Crippen molar-refractivity contribution in [1.82, 2.24) is 29.2 Å². The summed E-state index contributed by atoms with van der Waals surface area (Å²) in [5.41, 5.74) is 4.38. The van der Waals surface area contributed by atoms with Gasteiger partial charge in [-0.2, -0.15) is 0 Å². The molecule has 7 heteroatoms. The van der Waals surface area contributed by atoms with Gasteiger partial charge in [0.2, 0.25) is 0 Å². The first-order valence-electron chi connectivity index (χ1n) is 7.98. The summed E-state index contributed by atoms with van der Waals surface area (Å²) in [6.07, 6.45) is 10.0. The molecule has 122 valence electrons. The van der Waals surface area contributed by atoms with Gasteiger partial charge >= 0.3 is 0 Å². The number of hydrogen-bond donors (Lipinski definition) is 1. The lowest BCUT2D eigenvalue weighted by Gasteiger charge is -2.12. The summed E-state index contributed by atoms with van der Waals surface area (Å²) in [6.45, 7) is 1.90. The van der Waals surface area contributed by atoms with Crippen LogP contribution in [0, 0.1) is 0 Å².